The van der Waals surface area contributed by atoms with Gasteiger partial charge in [0.2, 0.25) is 0 Å². The minimum atomic E-state index is 0.526. The molecule has 0 unspecified atom stereocenters. The molecule has 23 heavy (non-hydrogen) atoms. The highest BCUT2D eigenvalue weighted by atomic mass is 32.1. The van der Waals surface area contributed by atoms with E-state index in [0.717, 1.165) is 22.7 Å². The Kier molecular flexibility index (Phi) is 4.49. The Morgan fingerprint density at radius 1 is 1.26 bits per heavy atom. The first-order valence-corrected chi connectivity index (χ1v) is 8.15. The first-order chi connectivity index (χ1) is 11.0. The van der Waals surface area contributed by atoms with Gasteiger partial charge in [0.05, 0.1) is 6.54 Å². The van der Waals surface area contributed by atoms with Gasteiger partial charge in [-0.05, 0) is 18.4 Å². The summed E-state index contributed by atoms with van der Waals surface area (Å²) in [4.78, 5) is 0. The number of hydrogen-bond acceptors (Lipinski definition) is 5. The summed E-state index contributed by atoms with van der Waals surface area (Å²) in [7, 11) is 0. The van der Waals surface area contributed by atoms with Crippen LogP contribution in [0.3, 0.4) is 0 Å². The van der Waals surface area contributed by atoms with Crippen LogP contribution in [0.1, 0.15) is 30.7 Å². The molecule has 7 heteroatoms. The van der Waals surface area contributed by atoms with E-state index in [1.54, 1.807) is 0 Å². The van der Waals surface area contributed by atoms with Crippen molar-refractivity contribution in [3.8, 4) is 0 Å². The van der Waals surface area contributed by atoms with Crippen molar-refractivity contribution in [3.05, 3.63) is 51.8 Å². The first-order valence-electron chi connectivity index (χ1n) is 7.74. The number of nitrogens with zero attached hydrogens (tertiary/aromatic N) is 3. The fraction of sp³-hybridized carbons (Fsp3) is 0.375. The number of nitrogens with one attached hydrogen (secondary N) is 3. The number of rotatable bonds is 5. The SMILES string of the molecule is Cc1cccc(CN2NNN=C2c2cc(=S)n(CC(C)C)[nH]2)c1. The molecule has 122 valence electrons. The van der Waals surface area contributed by atoms with Gasteiger partial charge in [0.1, 0.15) is 10.3 Å². The molecule has 1 aliphatic rings. The van der Waals surface area contributed by atoms with E-state index < -0.39 is 0 Å². The van der Waals surface area contributed by atoms with Crippen molar-refractivity contribution in [2.75, 3.05) is 0 Å². The first kappa shape index (κ1) is 15.8. The lowest BCUT2D eigenvalue weighted by Gasteiger charge is -2.18. The standard InChI is InChI=1S/C16H22N6S/c1-11(2)9-21-15(23)8-14(18-21)16-17-19-20-22(16)10-13-6-4-5-12(3)7-13/h4-8,11,18-20H,9-10H2,1-3H3. The molecule has 0 atom stereocenters. The number of aromatic amines is 1. The van der Waals surface area contributed by atoms with Gasteiger partial charge in [-0.15, -0.1) is 10.6 Å². The molecule has 0 spiro atoms. The fourth-order valence-corrected chi connectivity index (χ4v) is 2.85. The predicted molar refractivity (Wildman–Crippen MR) is 94.0 cm³/mol. The second-order valence-electron chi connectivity index (χ2n) is 6.25. The van der Waals surface area contributed by atoms with Gasteiger partial charge < -0.3 is 0 Å². The quantitative estimate of drug-likeness (QED) is 0.738. The van der Waals surface area contributed by atoms with E-state index in [1.165, 1.54) is 11.1 Å². The highest BCUT2D eigenvalue weighted by Gasteiger charge is 2.21. The zero-order chi connectivity index (χ0) is 16.4. The number of benzene rings is 1. The van der Waals surface area contributed by atoms with Crippen LogP contribution in [0.2, 0.25) is 0 Å². The number of H-pyrrole nitrogens is 1. The summed E-state index contributed by atoms with van der Waals surface area (Å²) >= 11 is 5.43. The fourth-order valence-electron chi connectivity index (χ4n) is 2.61. The minimum Gasteiger partial charge on any atom is -0.294 e. The van der Waals surface area contributed by atoms with Crippen molar-refractivity contribution < 1.29 is 0 Å². The van der Waals surface area contributed by atoms with Gasteiger partial charge in [0, 0.05) is 12.6 Å². The van der Waals surface area contributed by atoms with Crippen molar-refractivity contribution >= 4 is 18.1 Å². The molecule has 0 saturated heterocycles. The lowest BCUT2D eigenvalue weighted by atomic mass is 10.1. The van der Waals surface area contributed by atoms with Crippen molar-refractivity contribution in [3.63, 3.8) is 0 Å². The number of aryl methyl sites for hydroxylation is 1. The number of amidine groups is 1. The molecule has 6 nitrogen and oxygen atoms in total. The van der Waals surface area contributed by atoms with Gasteiger partial charge in [-0.2, -0.15) is 0 Å². The van der Waals surface area contributed by atoms with E-state index >= 15 is 0 Å². The van der Waals surface area contributed by atoms with Gasteiger partial charge in [-0.1, -0.05) is 55.9 Å². The minimum absolute atomic E-state index is 0.526. The molecular formula is C16H22N6S. The number of aromatic nitrogens is 2. The number of hydrogen-bond donors (Lipinski definition) is 3. The van der Waals surface area contributed by atoms with Crippen LogP contribution in [0.5, 0.6) is 0 Å². The van der Waals surface area contributed by atoms with Crippen LogP contribution in [-0.2, 0) is 13.1 Å². The van der Waals surface area contributed by atoms with Crippen molar-refractivity contribution in [2.45, 2.75) is 33.9 Å². The summed E-state index contributed by atoms with van der Waals surface area (Å²) in [5, 5.41) is 9.64. The predicted octanol–water partition coefficient (Wildman–Crippen LogP) is 2.70. The van der Waals surface area contributed by atoms with Crippen LogP contribution >= 0.6 is 12.2 Å². The molecule has 0 saturated carbocycles. The normalized spacial score (nSPS) is 14.3. The van der Waals surface area contributed by atoms with Crippen molar-refractivity contribution in [2.24, 2.45) is 11.0 Å². The largest absolute Gasteiger partial charge is 0.294 e. The molecule has 1 aliphatic heterocycles. The zero-order valence-electron chi connectivity index (χ0n) is 13.6. The van der Waals surface area contributed by atoms with Gasteiger partial charge in [-0.3, -0.25) is 14.8 Å². The molecule has 1 aromatic carbocycles. The van der Waals surface area contributed by atoms with Crippen LogP contribution in [-0.4, -0.2) is 20.6 Å². The molecule has 3 N–H and O–H groups in total. The maximum absolute atomic E-state index is 5.43. The summed E-state index contributed by atoms with van der Waals surface area (Å²) in [5.41, 5.74) is 9.25. The third-order valence-electron chi connectivity index (χ3n) is 3.60. The second kappa shape index (κ2) is 6.55. The van der Waals surface area contributed by atoms with Gasteiger partial charge in [-0.25, -0.2) is 5.53 Å². The van der Waals surface area contributed by atoms with Crippen LogP contribution in [0.25, 0.3) is 0 Å². The summed E-state index contributed by atoms with van der Waals surface area (Å²) in [6, 6.07) is 10.4. The maximum Gasteiger partial charge on any atom is 0.191 e. The summed E-state index contributed by atoms with van der Waals surface area (Å²) in [5.74, 6) is 1.33. The Bertz CT molecular complexity index is 773. The van der Waals surface area contributed by atoms with E-state index in [1.807, 2.05) is 15.8 Å². The highest BCUT2D eigenvalue weighted by molar-refractivity contribution is 7.71. The highest BCUT2D eigenvalue weighted by Crippen LogP contribution is 2.12. The Hall–Kier alpha value is -2.12. The summed E-state index contributed by atoms with van der Waals surface area (Å²) < 4.78 is 2.78. The number of hydrazone groups is 1. The monoisotopic (exact) mass is 330 g/mol. The zero-order valence-corrected chi connectivity index (χ0v) is 14.4. The molecule has 2 heterocycles. The van der Waals surface area contributed by atoms with E-state index in [4.69, 9.17) is 12.2 Å². The van der Waals surface area contributed by atoms with Crippen LogP contribution in [0.4, 0.5) is 0 Å². The molecule has 0 radical (unpaired) electrons. The average molecular weight is 330 g/mol. The Morgan fingerprint density at radius 3 is 2.83 bits per heavy atom. The molecular weight excluding hydrogens is 308 g/mol. The molecule has 2 aromatic rings. The molecule has 1 aromatic heterocycles. The Morgan fingerprint density at radius 2 is 2.09 bits per heavy atom. The maximum atomic E-state index is 5.43. The van der Waals surface area contributed by atoms with Crippen LogP contribution < -0.4 is 11.1 Å². The lowest BCUT2D eigenvalue weighted by molar-refractivity contribution is 0.287. The van der Waals surface area contributed by atoms with E-state index in [0.29, 0.717) is 12.5 Å². The van der Waals surface area contributed by atoms with Gasteiger partial charge in [0.15, 0.2) is 5.84 Å². The van der Waals surface area contributed by atoms with Gasteiger partial charge >= 0.3 is 0 Å². The van der Waals surface area contributed by atoms with Crippen LogP contribution in [0.15, 0.2) is 35.4 Å². The Balaban J connectivity index is 1.80. The molecule has 0 aliphatic carbocycles. The summed E-state index contributed by atoms with van der Waals surface area (Å²) in [6.07, 6.45) is 0. The molecule has 3 rings (SSSR count). The Labute approximate surface area is 141 Å². The van der Waals surface area contributed by atoms with E-state index in [-0.39, 0.29) is 0 Å². The third kappa shape index (κ3) is 3.62. The van der Waals surface area contributed by atoms with E-state index in [9.17, 15) is 0 Å². The molecule has 0 amide bonds. The second-order valence-corrected chi connectivity index (χ2v) is 6.66. The van der Waals surface area contributed by atoms with Gasteiger partial charge in [0.25, 0.3) is 0 Å². The average Bonchev–Trinajstić information content (AvgIpc) is 3.06. The van der Waals surface area contributed by atoms with Crippen LogP contribution in [0, 0.1) is 17.5 Å². The molecule has 0 bridgehead atoms. The number of hydrazine groups is 2. The summed E-state index contributed by atoms with van der Waals surface area (Å²) in [6.45, 7) is 8.01. The topological polar surface area (TPSA) is 60.4 Å². The molecule has 0 fully saturated rings. The van der Waals surface area contributed by atoms with Crippen molar-refractivity contribution in [1.29, 1.82) is 0 Å². The third-order valence-corrected chi connectivity index (χ3v) is 3.94. The van der Waals surface area contributed by atoms with E-state index in [2.05, 4.69) is 66.3 Å². The van der Waals surface area contributed by atoms with Crippen molar-refractivity contribution in [1.82, 2.24) is 25.9 Å². The smallest absolute Gasteiger partial charge is 0.191 e. The lowest BCUT2D eigenvalue weighted by Crippen LogP contribution is -2.40.